The summed E-state index contributed by atoms with van der Waals surface area (Å²) in [7, 11) is 1.68. The van der Waals surface area contributed by atoms with Gasteiger partial charge in [0.25, 0.3) is 5.91 Å². The first-order chi connectivity index (χ1) is 11.3. The molecule has 0 aromatic heterocycles. The largest absolute Gasteiger partial charge is 0.324 e. The van der Waals surface area contributed by atoms with Gasteiger partial charge in [0.2, 0.25) is 0 Å². The number of rotatable bonds is 5. The lowest BCUT2D eigenvalue weighted by atomic mass is 10.1. The van der Waals surface area contributed by atoms with E-state index in [0.717, 1.165) is 12.1 Å². The van der Waals surface area contributed by atoms with Crippen LogP contribution in [0, 0.1) is 23.3 Å². The van der Waals surface area contributed by atoms with Crippen molar-refractivity contribution >= 4 is 11.6 Å². The molecule has 0 aliphatic rings. The van der Waals surface area contributed by atoms with E-state index in [4.69, 9.17) is 0 Å². The number of hydrogen-bond donors (Lipinski definition) is 2. The van der Waals surface area contributed by atoms with Gasteiger partial charge in [0, 0.05) is 5.56 Å². The molecule has 0 saturated carbocycles. The summed E-state index contributed by atoms with van der Waals surface area (Å²) in [5.41, 5.74) is -0.00176. The molecule has 0 aliphatic heterocycles. The maximum absolute atomic E-state index is 13.7. The number of halogens is 4. The molecule has 0 radical (unpaired) electrons. The standard InChI is InChI=1S/C17H16F4N2O/c1-10(23(2)9-11-5-3-4-6-12(11)18)17(24)22-14-8-7-13(19)15(20)16(14)21/h3-8,10H,9H2,1-2H3,(H,22,24)/p+1/t10-/m1/s1. The number of hydrogen-bond acceptors (Lipinski definition) is 1. The van der Waals surface area contributed by atoms with Crippen molar-refractivity contribution in [3.05, 3.63) is 65.2 Å². The second-order valence-corrected chi connectivity index (χ2v) is 5.55. The van der Waals surface area contributed by atoms with E-state index in [-0.39, 0.29) is 12.4 Å². The van der Waals surface area contributed by atoms with Gasteiger partial charge in [-0.05, 0) is 25.1 Å². The Labute approximate surface area is 136 Å². The Morgan fingerprint density at radius 3 is 2.38 bits per heavy atom. The number of benzene rings is 2. The van der Waals surface area contributed by atoms with E-state index in [9.17, 15) is 22.4 Å². The molecular formula is C17H17F4N2O+. The van der Waals surface area contributed by atoms with Gasteiger partial charge in [0.05, 0.1) is 12.7 Å². The zero-order chi connectivity index (χ0) is 17.9. The first-order valence-corrected chi connectivity index (χ1v) is 7.31. The third-order valence-electron chi connectivity index (χ3n) is 3.85. The van der Waals surface area contributed by atoms with E-state index in [2.05, 4.69) is 5.32 Å². The van der Waals surface area contributed by atoms with E-state index >= 15 is 0 Å². The van der Waals surface area contributed by atoms with Crippen LogP contribution in [-0.2, 0) is 11.3 Å². The molecule has 7 heteroatoms. The Morgan fingerprint density at radius 2 is 1.71 bits per heavy atom. The zero-order valence-electron chi connectivity index (χ0n) is 13.2. The predicted molar refractivity (Wildman–Crippen MR) is 81.4 cm³/mol. The molecule has 3 nitrogen and oxygen atoms in total. The van der Waals surface area contributed by atoms with Crippen molar-refractivity contribution in [2.45, 2.75) is 19.5 Å². The summed E-state index contributed by atoms with van der Waals surface area (Å²) < 4.78 is 53.3. The predicted octanol–water partition coefficient (Wildman–Crippen LogP) is 2.28. The average molecular weight is 341 g/mol. The number of carbonyl (C=O) groups excluding carboxylic acids is 1. The summed E-state index contributed by atoms with van der Waals surface area (Å²) in [6.07, 6.45) is 0. The van der Waals surface area contributed by atoms with Gasteiger partial charge in [0.1, 0.15) is 12.4 Å². The molecule has 128 valence electrons. The van der Waals surface area contributed by atoms with Gasteiger partial charge >= 0.3 is 0 Å². The number of nitrogens with one attached hydrogen (secondary N) is 2. The summed E-state index contributed by atoms with van der Waals surface area (Å²) >= 11 is 0. The number of quaternary nitrogens is 1. The quantitative estimate of drug-likeness (QED) is 0.635. The molecule has 0 saturated heterocycles. The van der Waals surface area contributed by atoms with Crippen molar-refractivity contribution in [3.8, 4) is 0 Å². The second kappa shape index (κ2) is 7.44. The number of amides is 1. The van der Waals surface area contributed by atoms with Gasteiger partial charge < -0.3 is 10.2 Å². The van der Waals surface area contributed by atoms with Gasteiger partial charge in [-0.2, -0.15) is 0 Å². The summed E-state index contributed by atoms with van der Waals surface area (Å²) in [5, 5.41) is 2.22. The molecule has 24 heavy (non-hydrogen) atoms. The molecule has 0 fully saturated rings. The average Bonchev–Trinajstić information content (AvgIpc) is 2.56. The molecular weight excluding hydrogens is 324 g/mol. The monoisotopic (exact) mass is 341 g/mol. The highest BCUT2D eigenvalue weighted by Gasteiger charge is 2.24. The van der Waals surface area contributed by atoms with Gasteiger partial charge in [-0.25, -0.2) is 17.6 Å². The zero-order valence-corrected chi connectivity index (χ0v) is 13.2. The molecule has 0 spiro atoms. The van der Waals surface area contributed by atoms with Crippen LogP contribution in [0.4, 0.5) is 23.2 Å². The molecule has 0 aliphatic carbocycles. The van der Waals surface area contributed by atoms with Crippen LogP contribution in [0.2, 0.25) is 0 Å². The SMILES string of the molecule is C[C@H](C(=O)Nc1ccc(F)c(F)c1F)[NH+](C)Cc1ccccc1F. The van der Waals surface area contributed by atoms with Crippen LogP contribution in [0.15, 0.2) is 36.4 Å². The molecule has 2 atom stereocenters. The lowest BCUT2D eigenvalue weighted by Crippen LogP contribution is -3.12. The van der Waals surface area contributed by atoms with Crippen LogP contribution in [0.1, 0.15) is 12.5 Å². The number of carbonyl (C=O) groups is 1. The topological polar surface area (TPSA) is 33.5 Å². The fourth-order valence-corrected chi connectivity index (χ4v) is 2.18. The highest BCUT2D eigenvalue weighted by Crippen LogP contribution is 2.19. The van der Waals surface area contributed by atoms with Gasteiger partial charge in [-0.3, -0.25) is 4.79 Å². The molecule has 0 bridgehead atoms. The maximum atomic E-state index is 13.7. The van der Waals surface area contributed by atoms with Crippen molar-refractivity contribution in [3.63, 3.8) is 0 Å². The van der Waals surface area contributed by atoms with Crippen molar-refractivity contribution < 1.29 is 27.3 Å². The summed E-state index contributed by atoms with van der Waals surface area (Å²) in [6, 6.07) is 7.20. The molecule has 2 rings (SSSR count). The highest BCUT2D eigenvalue weighted by atomic mass is 19.2. The fourth-order valence-electron chi connectivity index (χ4n) is 2.18. The summed E-state index contributed by atoms with van der Waals surface area (Å²) in [4.78, 5) is 12.8. The first kappa shape index (κ1) is 17.9. The third kappa shape index (κ3) is 3.91. The van der Waals surface area contributed by atoms with E-state index in [1.807, 2.05) is 0 Å². The number of anilines is 1. The number of likely N-dealkylation sites (N-methyl/N-ethyl adjacent to an activating group) is 1. The van der Waals surface area contributed by atoms with Crippen LogP contribution in [0.3, 0.4) is 0 Å². The minimum absolute atomic E-state index is 0.238. The van der Waals surface area contributed by atoms with Crippen LogP contribution in [0.25, 0.3) is 0 Å². The molecule has 2 aromatic carbocycles. The van der Waals surface area contributed by atoms with E-state index in [1.165, 1.54) is 6.07 Å². The molecule has 0 heterocycles. The van der Waals surface area contributed by atoms with E-state index < -0.39 is 35.1 Å². The Hall–Kier alpha value is -2.41. The fraction of sp³-hybridized carbons (Fsp3) is 0.235. The lowest BCUT2D eigenvalue weighted by Gasteiger charge is -2.21. The molecule has 1 unspecified atom stereocenters. The minimum atomic E-state index is -1.65. The van der Waals surface area contributed by atoms with Gasteiger partial charge in [-0.1, -0.05) is 18.2 Å². The second-order valence-electron chi connectivity index (χ2n) is 5.55. The Bertz CT molecular complexity index is 751. The first-order valence-electron chi connectivity index (χ1n) is 7.31. The Kier molecular flexibility index (Phi) is 5.56. The summed E-state index contributed by atoms with van der Waals surface area (Å²) in [6.45, 7) is 1.81. The van der Waals surface area contributed by atoms with Crippen molar-refractivity contribution in [2.24, 2.45) is 0 Å². The van der Waals surface area contributed by atoms with Gasteiger partial charge in [0.15, 0.2) is 23.5 Å². The van der Waals surface area contributed by atoms with E-state index in [0.29, 0.717) is 10.5 Å². The molecule has 1 amide bonds. The third-order valence-corrected chi connectivity index (χ3v) is 3.85. The maximum Gasteiger partial charge on any atom is 0.282 e. The van der Waals surface area contributed by atoms with E-state index in [1.54, 1.807) is 32.2 Å². The van der Waals surface area contributed by atoms with Crippen LogP contribution in [0.5, 0.6) is 0 Å². The highest BCUT2D eigenvalue weighted by molar-refractivity contribution is 5.93. The normalized spacial score (nSPS) is 13.4. The van der Waals surface area contributed by atoms with Crippen LogP contribution in [-0.4, -0.2) is 19.0 Å². The van der Waals surface area contributed by atoms with Gasteiger partial charge in [-0.15, -0.1) is 0 Å². The smallest absolute Gasteiger partial charge is 0.282 e. The minimum Gasteiger partial charge on any atom is -0.324 e. The molecule has 2 aromatic rings. The summed E-state index contributed by atoms with van der Waals surface area (Å²) in [5.74, 6) is -5.40. The molecule has 2 N–H and O–H groups in total. The lowest BCUT2D eigenvalue weighted by molar-refractivity contribution is -0.908. The van der Waals surface area contributed by atoms with Crippen molar-refractivity contribution in [1.82, 2.24) is 0 Å². The van der Waals surface area contributed by atoms with Crippen molar-refractivity contribution in [1.29, 1.82) is 0 Å². The van der Waals surface area contributed by atoms with Crippen LogP contribution >= 0.6 is 0 Å². The van der Waals surface area contributed by atoms with Crippen molar-refractivity contribution in [2.75, 3.05) is 12.4 Å². The van der Waals surface area contributed by atoms with Crippen LogP contribution < -0.4 is 10.2 Å². The Morgan fingerprint density at radius 1 is 1.04 bits per heavy atom. The Balaban J connectivity index is 2.07.